The van der Waals surface area contributed by atoms with Gasteiger partial charge in [-0.1, -0.05) is 12.1 Å². The highest BCUT2D eigenvalue weighted by molar-refractivity contribution is 7.20. The number of hydrogen-bond donors (Lipinski definition) is 1. The topological polar surface area (TPSA) is 128 Å². The van der Waals surface area contributed by atoms with Crippen LogP contribution >= 0.6 is 11.3 Å². The summed E-state index contributed by atoms with van der Waals surface area (Å²) in [4.78, 5) is 33.3. The van der Waals surface area contributed by atoms with Gasteiger partial charge in [-0.3, -0.25) is 25.0 Å². The lowest BCUT2D eigenvalue weighted by Crippen LogP contribution is -2.15. The van der Waals surface area contributed by atoms with Gasteiger partial charge in [0.25, 0.3) is 17.3 Å². The van der Waals surface area contributed by atoms with E-state index in [9.17, 15) is 25.0 Å². The summed E-state index contributed by atoms with van der Waals surface area (Å²) >= 11 is 1.19. The van der Waals surface area contributed by atoms with Crippen molar-refractivity contribution in [1.82, 2.24) is 5.43 Å². The molecule has 2 aromatic carbocycles. The molecular formula is C18H12N4O5S. The molecule has 0 radical (unpaired) electrons. The molecule has 1 aromatic heterocycles. The number of hydrazone groups is 1. The van der Waals surface area contributed by atoms with Crippen LogP contribution in [0.5, 0.6) is 0 Å². The summed E-state index contributed by atoms with van der Waals surface area (Å²) in [5.74, 6) is -0.459. The maximum Gasteiger partial charge on any atom is 0.281 e. The van der Waals surface area contributed by atoms with Crippen molar-refractivity contribution in [3.63, 3.8) is 0 Å². The van der Waals surface area contributed by atoms with Crippen LogP contribution in [-0.4, -0.2) is 22.0 Å². The van der Waals surface area contributed by atoms with Gasteiger partial charge >= 0.3 is 0 Å². The van der Waals surface area contributed by atoms with E-state index in [0.717, 1.165) is 4.70 Å². The molecule has 0 fully saturated rings. The second-order valence-corrected chi connectivity index (χ2v) is 6.57. The molecule has 0 atom stereocenters. The Labute approximate surface area is 161 Å². The molecule has 9 nitrogen and oxygen atoms in total. The molecule has 0 aliphatic carbocycles. The Hall–Kier alpha value is -3.92. The van der Waals surface area contributed by atoms with E-state index in [4.69, 9.17) is 0 Å². The first-order valence-corrected chi connectivity index (χ1v) is 8.69. The molecule has 0 saturated carbocycles. The summed E-state index contributed by atoms with van der Waals surface area (Å²) < 4.78 is 0.746. The highest BCUT2D eigenvalue weighted by atomic mass is 32.1. The molecule has 0 spiro atoms. The van der Waals surface area contributed by atoms with Gasteiger partial charge in [-0.2, -0.15) is 5.10 Å². The van der Waals surface area contributed by atoms with Crippen LogP contribution in [0.3, 0.4) is 0 Å². The number of non-ortho nitro benzene ring substituents is 1. The number of carbonyl (C=O) groups is 1. The van der Waals surface area contributed by atoms with Gasteiger partial charge in [0.1, 0.15) is 0 Å². The number of nitrogens with one attached hydrogen (secondary N) is 1. The molecule has 10 heteroatoms. The fourth-order valence-corrected chi connectivity index (χ4v) is 3.32. The Bertz CT molecular complexity index is 1140. The Morgan fingerprint density at radius 3 is 2.61 bits per heavy atom. The zero-order valence-corrected chi connectivity index (χ0v) is 15.0. The third-order valence-corrected chi connectivity index (χ3v) is 4.79. The second kappa shape index (κ2) is 8.18. The number of rotatable bonds is 6. The predicted molar refractivity (Wildman–Crippen MR) is 107 cm³/mol. The lowest BCUT2D eigenvalue weighted by Gasteiger charge is -1.95. The molecule has 140 valence electrons. The average molecular weight is 396 g/mol. The number of nitro groups is 2. The van der Waals surface area contributed by atoms with Crippen molar-refractivity contribution in [2.45, 2.75) is 0 Å². The molecule has 0 bridgehead atoms. The van der Waals surface area contributed by atoms with Gasteiger partial charge in [-0.15, -0.1) is 11.3 Å². The van der Waals surface area contributed by atoms with Gasteiger partial charge in [-0.05, 0) is 30.4 Å². The first-order chi connectivity index (χ1) is 13.5. The Kier molecular flexibility index (Phi) is 5.51. The fourth-order valence-electron chi connectivity index (χ4n) is 2.39. The number of nitrogens with zero attached hydrogens (tertiary/aromatic N) is 3. The maximum atomic E-state index is 12.1. The van der Waals surface area contributed by atoms with Crippen LogP contribution in [0, 0.1) is 20.2 Å². The predicted octanol–water partition coefficient (Wildman–Crippen LogP) is 4.15. The molecule has 1 heterocycles. The fraction of sp³-hybridized carbons (Fsp3) is 0. The number of allylic oxidation sites excluding steroid dienone is 1. The van der Waals surface area contributed by atoms with Crippen LogP contribution in [0.1, 0.15) is 15.2 Å². The highest BCUT2D eigenvalue weighted by Gasteiger charge is 2.13. The molecule has 0 unspecified atom stereocenters. The maximum absolute atomic E-state index is 12.1. The van der Waals surface area contributed by atoms with Gasteiger partial charge in [0.05, 0.1) is 20.3 Å². The summed E-state index contributed by atoms with van der Waals surface area (Å²) in [6, 6.07) is 12.2. The van der Waals surface area contributed by atoms with Gasteiger partial charge in [0, 0.05) is 34.5 Å². The average Bonchev–Trinajstić information content (AvgIpc) is 3.11. The van der Waals surface area contributed by atoms with Crippen LogP contribution in [0.4, 0.5) is 11.4 Å². The van der Waals surface area contributed by atoms with E-state index in [-0.39, 0.29) is 11.4 Å². The van der Waals surface area contributed by atoms with Gasteiger partial charge in [-0.25, -0.2) is 5.43 Å². The quantitative estimate of drug-likeness (QED) is 0.380. The van der Waals surface area contributed by atoms with E-state index in [0.29, 0.717) is 15.8 Å². The smallest absolute Gasteiger partial charge is 0.266 e. The van der Waals surface area contributed by atoms with Gasteiger partial charge in [0.2, 0.25) is 0 Å². The van der Waals surface area contributed by atoms with Crippen LogP contribution in [0.2, 0.25) is 0 Å². The molecule has 3 aromatic rings. The summed E-state index contributed by atoms with van der Waals surface area (Å²) in [5, 5.41) is 26.1. The van der Waals surface area contributed by atoms with Crippen molar-refractivity contribution in [1.29, 1.82) is 0 Å². The summed E-state index contributed by atoms with van der Waals surface area (Å²) in [5.41, 5.74) is 2.68. The molecule has 28 heavy (non-hydrogen) atoms. The summed E-state index contributed by atoms with van der Waals surface area (Å²) in [7, 11) is 0. The van der Waals surface area contributed by atoms with Crippen molar-refractivity contribution in [2.24, 2.45) is 5.10 Å². The number of hydrogen-bond acceptors (Lipinski definition) is 7. The van der Waals surface area contributed by atoms with E-state index in [1.807, 2.05) is 0 Å². The Morgan fingerprint density at radius 1 is 1.07 bits per heavy atom. The molecule has 1 N–H and O–H groups in total. The highest BCUT2D eigenvalue weighted by Crippen LogP contribution is 2.28. The van der Waals surface area contributed by atoms with Crippen LogP contribution in [-0.2, 0) is 0 Å². The molecule has 0 aliphatic rings. The minimum Gasteiger partial charge on any atom is -0.266 e. The molecule has 0 saturated heterocycles. The van der Waals surface area contributed by atoms with Crippen LogP contribution in [0.15, 0.2) is 59.7 Å². The minimum atomic E-state index is -0.495. The third kappa shape index (κ3) is 4.24. The molecular weight excluding hydrogens is 384 g/mol. The zero-order valence-electron chi connectivity index (χ0n) is 14.1. The van der Waals surface area contributed by atoms with Crippen molar-refractivity contribution >= 4 is 51.0 Å². The number of carbonyl (C=O) groups excluding carboxylic acids is 1. The third-order valence-electron chi connectivity index (χ3n) is 3.67. The van der Waals surface area contributed by atoms with Gasteiger partial charge in [0.15, 0.2) is 0 Å². The second-order valence-electron chi connectivity index (χ2n) is 5.48. The lowest BCUT2D eigenvalue weighted by atomic mass is 10.2. The molecule has 3 rings (SSSR count). The first kappa shape index (κ1) is 18.9. The monoisotopic (exact) mass is 396 g/mol. The number of thiophene rings is 1. The molecule has 1 amide bonds. The van der Waals surface area contributed by atoms with Crippen LogP contribution in [0.25, 0.3) is 16.2 Å². The SMILES string of the molecule is O=C(NN=CC=Cc1ccccc1[N+](=O)[O-])c1cc2cc([N+](=O)[O-])ccc2s1. The Morgan fingerprint density at radius 2 is 1.86 bits per heavy atom. The standard InChI is InChI=1S/C18H12N4O5S/c23-18(17-11-13-10-14(21(24)25)7-8-16(13)28-17)20-19-9-3-5-12-4-1-2-6-15(12)22(26)27/h1-11H,(H,20,23). The van der Waals surface area contributed by atoms with E-state index < -0.39 is 15.8 Å². The molecule has 0 aliphatic heterocycles. The van der Waals surface area contributed by atoms with E-state index in [2.05, 4.69) is 10.5 Å². The Balaban J connectivity index is 1.66. The van der Waals surface area contributed by atoms with E-state index in [1.54, 1.807) is 30.3 Å². The number of amides is 1. The number of nitro benzene ring substituents is 2. The first-order valence-electron chi connectivity index (χ1n) is 7.87. The number of para-hydroxylation sites is 1. The van der Waals surface area contributed by atoms with Crippen molar-refractivity contribution in [3.8, 4) is 0 Å². The minimum absolute atomic E-state index is 0.0319. The van der Waals surface area contributed by atoms with Gasteiger partial charge < -0.3 is 0 Å². The lowest BCUT2D eigenvalue weighted by molar-refractivity contribution is -0.385. The van der Waals surface area contributed by atoms with Crippen molar-refractivity contribution in [2.75, 3.05) is 0 Å². The van der Waals surface area contributed by atoms with Crippen molar-refractivity contribution < 1.29 is 14.6 Å². The zero-order chi connectivity index (χ0) is 20.1. The van der Waals surface area contributed by atoms with E-state index in [1.165, 1.54) is 47.9 Å². The van der Waals surface area contributed by atoms with E-state index >= 15 is 0 Å². The summed E-state index contributed by atoms with van der Waals surface area (Å²) in [6.45, 7) is 0. The largest absolute Gasteiger partial charge is 0.281 e. The van der Waals surface area contributed by atoms with Crippen molar-refractivity contribution in [3.05, 3.63) is 85.3 Å². The normalized spacial score (nSPS) is 11.3. The van der Waals surface area contributed by atoms with Crippen LogP contribution < -0.4 is 5.43 Å². The number of fused-ring (bicyclic) bond motifs is 1. The number of benzene rings is 2. The summed E-state index contributed by atoms with van der Waals surface area (Å²) in [6.07, 6.45) is 4.27.